The third-order valence-electron chi connectivity index (χ3n) is 4.12. The molecule has 7 heteroatoms. The molecule has 0 aliphatic heterocycles. The van der Waals surface area contributed by atoms with Crippen molar-refractivity contribution in [2.24, 2.45) is 0 Å². The van der Waals surface area contributed by atoms with Gasteiger partial charge >= 0.3 is 0 Å². The molecule has 5 nitrogen and oxygen atoms in total. The lowest BCUT2D eigenvalue weighted by molar-refractivity contribution is -0.118. The molecule has 1 aromatic heterocycles. The summed E-state index contributed by atoms with van der Waals surface area (Å²) in [5.74, 6) is -0.684. The summed E-state index contributed by atoms with van der Waals surface area (Å²) in [4.78, 5) is 27.9. The number of thioether (sulfide) groups is 1. The molecule has 0 spiro atoms. The molecule has 1 N–H and O–H groups in total. The van der Waals surface area contributed by atoms with Crippen LogP contribution < -0.4 is 5.32 Å². The molecule has 1 amide bonds. The van der Waals surface area contributed by atoms with Gasteiger partial charge in [0, 0.05) is 23.5 Å². The number of halogens is 1. The van der Waals surface area contributed by atoms with Crippen LogP contribution in [0.3, 0.4) is 0 Å². The van der Waals surface area contributed by atoms with Gasteiger partial charge in [-0.25, -0.2) is 9.37 Å². The monoisotopic (exact) mass is 385 g/mol. The van der Waals surface area contributed by atoms with Crippen LogP contribution in [0.2, 0.25) is 0 Å². The van der Waals surface area contributed by atoms with Gasteiger partial charge in [-0.1, -0.05) is 18.2 Å². The van der Waals surface area contributed by atoms with Gasteiger partial charge < -0.3 is 9.88 Å². The molecule has 2 aromatic carbocycles. The molecular formula is C20H20FN3O2S. The Hall–Kier alpha value is -2.67. The van der Waals surface area contributed by atoms with Crippen LogP contribution in [0.25, 0.3) is 11.0 Å². The van der Waals surface area contributed by atoms with Crippen LogP contribution >= 0.6 is 11.8 Å². The van der Waals surface area contributed by atoms with E-state index in [1.54, 1.807) is 12.4 Å². The summed E-state index contributed by atoms with van der Waals surface area (Å²) in [7, 11) is 0. The number of hydrogen-bond acceptors (Lipinski definition) is 4. The number of nitrogens with one attached hydrogen (secondary N) is 1. The Morgan fingerprint density at radius 2 is 2.04 bits per heavy atom. The van der Waals surface area contributed by atoms with E-state index in [1.165, 1.54) is 19.1 Å². The molecule has 140 valence electrons. The molecule has 3 rings (SSSR count). The lowest BCUT2D eigenvalue weighted by atomic mass is 10.1. The third kappa shape index (κ3) is 4.95. The summed E-state index contributed by atoms with van der Waals surface area (Å²) in [6.45, 7) is 2.69. The number of nitrogens with zero attached hydrogens (tertiary/aromatic N) is 2. The van der Waals surface area contributed by atoms with E-state index in [9.17, 15) is 14.0 Å². The Labute approximate surface area is 161 Å². The van der Waals surface area contributed by atoms with Crippen molar-refractivity contribution in [1.29, 1.82) is 0 Å². The number of carbonyl (C=O) groups excluding carboxylic acids is 2. The van der Waals surface area contributed by atoms with Crippen molar-refractivity contribution in [3.8, 4) is 0 Å². The zero-order valence-corrected chi connectivity index (χ0v) is 15.8. The second-order valence-electron chi connectivity index (χ2n) is 6.12. The first-order valence-electron chi connectivity index (χ1n) is 8.64. The Morgan fingerprint density at radius 1 is 1.22 bits per heavy atom. The van der Waals surface area contributed by atoms with E-state index in [-0.39, 0.29) is 17.4 Å². The highest BCUT2D eigenvalue weighted by Gasteiger charge is 2.09. The Kier molecular flexibility index (Phi) is 6.24. The number of fused-ring (bicyclic) bond motifs is 1. The minimum absolute atomic E-state index is 0.129. The van der Waals surface area contributed by atoms with Crippen LogP contribution in [0.15, 0.2) is 53.7 Å². The molecule has 0 saturated heterocycles. The number of aromatic nitrogens is 2. The standard InChI is InChI=1S/C20H20FN3O2S/c1-14(25)15-7-8-19(16(21)11-15)27-12-20(26)22-9-4-10-24-13-23-17-5-2-3-6-18(17)24/h2-3,5-8,11,13H,4,9-10,12H2,1H3,(H,22,26). The van der Waals surface area contributed by atoms with E-state index in [0.717, 1.165) is 35.8 Å². The molecule has 27 heavy (non-hydrogen) atoms. The van der Waals surface area contributed by atoms with Crippen molar-refractivity contribution >= 4 is 34.5 Å². The summed E-state index contributed by atoms with van der Waals surface area (Å²) in [5, 5.41) is 2.84. The molecule has 3 aromatic rings. The number of aryl methyl sites for hydroxylation is 1. The van der Waals surface area contributed by atoms with E-state index in [4.69, 9.17) is 0 Å². The maximum Gasteiger partial charge on any atom is 0.230 e. The topological polar surface area (TPSA) is 64.0 Å². The number of imidazole rings is 1. The van der Waals surface area contributed by atoms with Crippen molar-refractivity contribution < 1.29 is 14.0 Å². The van der Waals surface area contributed by atoms with Crippen molar-refractivity contribution in [3.05, 3.63) is 60.2 Å². The Bertz CT molecular complexity index is 971. The van der Waals surface area contributed by atoms with Crippen LogP contribution in [0.5, 0.6) is 0 Å². The van der Waals surface area contributed by atoms with Crippen molar-refractivity contribution in [2.75, 3.05) is 12.3 Å². The van der Waals surface area contributed by atoms with Crippen molar-refractivity contribution in [2.45, 2.75) is 24.8 Å². The smallest absolute Gasteiger partial charge is 0.230 e. The molecule has 0 aliphatic carbocycles. The van der Waals surface area contributed by atoms with Crippen LogP contribution in [0.4, 0.5) is 4.39 Å². The first-order valence-corrected chi connectivity index (χ1v) is 9.63. The first kappa shape index (κ1) is 19.1. The number of rotatable bonds is 8. The molecule has 0 radical (unpaired) electrons. The van der Waals surface area contributed by atoms with Gasteiger partial charge in [-0.15, -0.1) is 11.8 Å². The Balaban J connectivity index is 1.42. The van der Waals surface area contributed by atoms with Gasteiger partial charge in [-0.05, 0) is 37.6 Å². The third-order valence-corrected chi connectivity index (χ3v) is 5.17. The van der Waals surface area contributed by atoms with Crippen LogP contribution in [0.1, 0.15) is 23.7 Å². The summed E-state index contributed by atoms with van der Waals surface area (Å²) in [6.07, 6.45) is 2.58. The van der Waals surface area contributed by atoms with E-state index in [1.807, 2.05) is 24.3 Å². The van der Waals surface area contributed by atoms with Crippen LogP contribution in [0, 0.1) is 5.82 Å². The highest BCUT2D eigenvalue weighted by atomic mass is 32.2. The number of benzene rings is 2. The Morgan fingerprint density at radius 3 is 2.81 bits per heavy atom. The summed E-state index contributed by atoms with van der Waals surface area (Å²) >= 11 is 1.12. The number of para-hydroxylation sites is 2. The maximum absolute atomic E-state index is 13.9. The fourth-order valence-electron chi connectivity index (χ4n) is 2.70. The van der Waals surface area contributed by atoms with Crippen molar-refractivity contribution in [1.82, 2.24) is 14.9 Å². The van der Waals surface area contributed by atoms with Gasteiger partial charge in [0.1, 0.15) is 5.82 Å². The highest BCUT2D eigenvalue weighted by Crippen LogP contribution is 2.22. The molecular weight excluding hydrogens is 365 g/mol. The lowest BCUT2D eigenvalue weighted by Crippen LogP contribution is -2.26. The molecule has 0 atom stereocenters. The second kappa shape index (κ2) is 8.81. The van der Waals surface area contributed by atoms with Crippen LogP contribution in [-0.4, -0.2) is 33.5 Å². The fourth-order valence-corrected chi connectivity index (χ4v) is 3.45. The highest BCUT2D eigenvalue weighted by molar-refractivity contribution is 8.00. The average molecular weight is 385 g/mol. The maximum atomic E-state index is 13.9. The summed E-state index contributed by atoms with van der Waals surface area (Å²) in [5.41, 5.74) is 2.35. The fraction of sp³-hybridized carbons (Fsp3) is 0.250. The van der Waals surface area contributed by atoms with E-state index in [0.29, 0.717) is 17.0 Å². The lowest BCUT2D eigenvalue weighted by Gasteiger charge is -2.07. The summed E-state index contributed by atoms with van der Waals surface area (Å²) in [6, 6.07) is 12.2. The van der Waals surface area contributed by atoms with Gasteiger partial charge in [0.15, 0.2) is 5.78 Å². The van der Waals surface area contributed by atoms with E-state index < -0.39 is 5.82 Å². The minimum Gasteiger partial charge on any atom is -0.355 e. The number of Topliss-reactive ketones (excluding diaryl/α,β-unsaturated/α-hetero) is 1. The van der Waals surface area contributed by atoms with Crippen molar-refractivity contribution in [3.63, 3.8) is 0 Å². The molecule has 0 fully saturated rings. The SMILES string of the molecule is CC(=O)c1ccc(SCC(=O)NCCCn2cnc3ccccc32)c(F)c1. The van der Waals surface area contributed by atoms with Gasteiger partial charge in [-0.2, -0.15) is 0 Å². The predicted molar refractivity (Wildman–Crippen MR) is 104 cm³/mol. The number of hydrogen-bond donors (Lipinski definition) is 1. The zero-order valence-electron chi connectivity index (χ0n) is 14.9. The average Bonchev–Trinajstić information content (AvgIpc) is 3.07. The molecule has 0 bridgehead atoms. The molecule has 0 aliphatic rings. The van der Waals surface area contributed by atoms with Gasteiger partial charge in [0.2, 0.25) is 5.91 Å². The second-order valence-corrected chi connectivity index (χ2v) is 7.14. The normalized spacial score (nSPS) is 10.9. The van der Waals surface area contributed by atoms with Gasteiger partial charge in [0.25, 0.3) is 0 Å². The van der Waals surface area contributed by atoms with E-state index >= 15 is 0 Å². The predicted octanol–water partition coefficient (Wildman–Crippen LogP) is 3.68. The quantitative estimate of drug-likeness (QED) is 0.365. The minimum atomic E-state index is -0.479. The molecule has 0 unspecified atom stereocenters. The zero-order chi connectivity index (χ0) is 19.2. The van der Waals surface area contributed by atoms with Gasteiger partial charge in [0.05, 0.1) is 23.1 Å². The number of ketones is 1. The molecule has 0 saturated carbocycles. The largest absolute Gasteiger partial charge is 0.355 e. The first-order chi connectivity index (χ1) is 13.0. The number of amides is 1. The number of carbonyl (C=O) groups is 2. The van der Waals surface area contributed by atoms with Gasteiger partial charge in [-0.3, -0.25) is 9.59 Å². The summed E-state index contributed by atoms with van der Waals surface area (Å²) < 4.78 is 16.0. The van der Waals surface area contributed by atoms with E-state index in [2.05, 4.69) is 14.9 Å². The van der Waals surface area contributed by atoms with Crippen LogP contribution in [-0.2, 0) is 11.3 Å². The molecule has 1 heterocycles.